The van der Waals surface area contributed by atoms with Crippen molar-refractivity contribution >= 4 is 31.8 Å². The molecule has 1 aliphatic heterocycles. The van der Waals surface area contributed by atoms with E-state index in [0.29, 0.717) is 18.6 Å². The number of ketones is 1. The molecule has 1 N–H and O–H groups in total. The minimum Gasteiger partial charge on any atom is -0.465 e. The molecule has 126 valence electrons. The van der Waals surface area contributed by atoms with Gasteiger partial charge in [0.15, 0.2) is 14.1 Å². The minimum absolute atomic E-state index is 0.0747. The fraction of sp³-hybridized carbons (Fsp3) is 0.733. The molecule has 22 heavy (non-hydrogen) atoms. The third kappa shape index (κ3) is 4.57. The molecule has 0 fully saturated rings. The molecule has 0 spiro atoms. The van der Waals surface area contributed by atoms with Crippen LogP contribution in [0, 0.1) is 0 Å². The minimum atomic E-state index is -1.93. The Balaban J connectivity index is 2.80. The van der Waals surface area contributed by atoms with Gasteiger partial charge < -0.3 is 9.53 Å². The van der Waals surface area contributed by atoms with Gasteiger partial charge in [-0.25, -0.2) is 4.79 Å². The number of hydrogen-bond donors (Lipinski definition) is 1. The first-order valence-electron chi connectivity index (χ1n) is 7.41. The second-order valence-electron chi connectivity index (χ2n) is 7.16. The maximum atomic E-state index is 11.6. The van der Waals surface area contributed by atoms with E-state index in [0.717, 1.165) is 0 Å². The molecule has 1 atom stereocenters. The van der Waals surface area contributed by atoms with Crippen LogP contribution < -0.4 is 0 Å². The zero-order valence-corrected chi connectivity index (χ0v) is 15.7. The first-order valence-corrected chi connectivity index (χ1v) is 10.9. The fourth-order valence-electron chi connectivity index (χ4n) is 1.97. The van der Waals surface area contributed by atoms with Crippen LogP contribution in [-0.2, 0) is 9.22 Å². The van der Waals surface area contributed by atoms with Crippen LogP contribution in [0.3, 0.4) is 0 Å². The van der Waals surface area contributed by atoms with Crippen LogP contribution in [0.1, 0.15) is 27.2 Å². The van der Waals surface area contributed by atoms with Crippen LogP contribution in [0.4, 0.5) is 4.79 Å². The molecule has 0 radical (unpaired) electrons. The molecule has 0 unspecified atom stereocenters. The predicted octanol–water partition coefficient (Wildman–Crippen LogP) is 3.49. The number of carboxylic acid groups (broad SMARTS) is 1. The van der Waals surface area contributed by atoms with Gasteiger partial charge in [0.05, 0.1) is 25.1 Å². The van der Waals surface area contributed by atoms with Gasteiger partial charge in [-0.05, 0) is 24.6 Å². The summed E-state index contributed by atoms with van der Waals surface area (Å²) >= 11 is 5.54. The van der Waals surface area contributed by atoms with E-state index in [9.17, 15) is 14.7 Å². The molecule has 0 bridgehead atoms. The predicted molar refractivity (Wildman–Crippen MR) is 90.1 cm³/mol. The molecule has 1 heterocycles. The molecule has 7 heteroatoms. The SMILES string of the molecule is CC(C)(C)[Si](C)(C)OC[C@@H]1CC=C(C(=O)CCl)CN1C(=O)O. The maximum absolute atomic E-state index is 11.6. The smallest absolute Gasteiger partial charge is 0.407 e. The summed E-state index contributed by atoms with van der Waals surface area (Å²) in [6.45, 7) is 11.2. The summed E-state index contributed by atoms with van der Waals surface area (Å²) in [7, 11) is -1.93. The Hall–Kier alpha value is -0.853. The van der Waals surface area contributed by atoms with Crippen LogP contribution >= 0.6 is 11.6 Å². The van der Waals surface area contributed by atoms with Crippen molar-refractivity contribution in [1.82, 2.24) is 4.90 Å². The lowest BCUT2D eigenvalue weighted by Gasteiger charge is -2.39. The highest BCUT2D eigenvalue weighted by Gasteiger charge is 2.39. The Morgan fingerprint density at radius 2 is 2.05 bits per heavy atom. The topological polar surface area (TPSA) is 66.8 Å². The average molecular weight is 348 g/mol. The summed E-state index contributed by atoms with van der Waals surface area (Å²) in [6, 6.07) is -0.251. The third-order valence-corrected chi connectivity index (χ3v) is 9.33. The number of rotatable bonds is 5. The van der Waals surface area contributed by atoms with Crippen molar-refractivity contribution in [3.05, 3.63) is 11.6 Å². The van der Waals surface area contributed by atoms with Crippen LogP contribution in [0.2, 0.25) is 18.1 Å². The van der Waals surface area contributed by atoms with Gasteiger partial charge in [0.25, 0.3) is 0 Å². The molecule has 1 amide bonds. The largest absolute Gasteiger partial charge is 0.465 e. The molecule has 5 nitrogen and oxygen atoms in total. The molecule has 1 aliphatic rings. The molecule has 0 aromatic rings. The lowest BCUT2D eigenvalue weighted by atomic mass is 10.0. The van der Waals surface area contributed by atoms with Gasteiger partial charge in [-0.3, -0.25) is 9.69 Å². The van der Waals surface area contributed by atoms with Gasteiger partial charge in [-0.1, -0.05) is 26.8 Å². The van der Waals surface area contributed by atoms with E-state index in [1.807, 2.05) is 0 Å². The Bertz CT molecular complexity index is 471. The van der Waals surface area contributed by atoms with Gasteiger partial charge >= 0.3 is 6.09 Å². The van der Waals surface area contributed by atoms with Crippen molar-refractivity contribution in [2.24, 2.45) is 0 Å². The molecule has 0 aromatic heterocycles. The van der Waals surface area contributed by atoms with E-state index in [1.165, 1.54) is 4.90 Å². The standard InChI is InChI=1S/C15H26ClNO4Si/c1-15(2,3)22(4,5)21-10-12-7-6-11(13(18)8-16)9-17(12)14(19)20/h6,12H,7-10H2,1-5H3,(H,19,20)/t12-/m0/s1. The van der Waals surface area contributed by atoms with Crippen molar-refractivity contribution < 1.29 is 19.1 Å². The summed E-state index contributed by atoms with van der Waals surface area (Å²) in [5.41, 5.74) is 0.473. The summed E-state index contributed by atoms with van der Waals surface area (Å²) in [6.07, 6.45) is 1.25. The monoisotopic (exact) mass is 347 g/mol. The summed E-state index contributed by atoms with van der Waals surface area (Å²) < 4.78 is 6.13. The number of carbonyl (C=O) groups is 2. The highest BCUT2D eigenvalue weighted by Crippen LogP contribution is 2.37. The fourth-order valence-corrected chi connectivity index (χ4v) is 3.19. The quantitative estimate of drug-likeness (QED) is 0.610. The lowest BCUT2D eigenvalue weighted by molar-refractivity contribution is -0.113. The van der Waals surface area contributed by atoms with E-state index in [1.54, 1.807) is 6.08 Å². The number of nitrogens with zero attached hydrogens (tertiary/aromatic N) is 1. The number of Topliss-reactive ketones (excluding diaryl/α,β-unsaturated/α-hetero) is 1. The Morgan fingerprint density at radius 1 is 1.45 bits per heavy atom. The highest BCUT2D eigenvalue weighted by molar-refractivity contribution is 6.74. The molecule has 0 aliphatic carbocycles. The summed E-state index contributed by atoms with van der Waals surface area (Å²) in [5.74, 6) is -0.332. The Labute approximate surface area is 138 Å². The molecule has 1 rings (SSSR count). The van der Waals surface area contributed by atoms with Gasteiger partial charge in [-0.15, -0.1) is 11.6 Å². The molecule has 0 aromatic carbocycles. The number of halogens is 1. The Kier molecular flexibility index (Phi) is 6.24. The summed E-state index contributed by atoms with van der Waals surface area (Å²) in [4.78, 5) is 24.4. The van der Waals surface area contributed by atoms with E-state index < -0.39 is 14.4 Å². The normalized spacial score (nSPS) is 19.8. The zero-order valence-electron chi connectivity index (χ0n) is 14.0. The lowest BCUT2D eigenvalue weighted by Crippen LogP contribution is -2.50. The van der Waals surface area contributed by atoms with E-state index in [4.69, 9.17) is 16.0 Å². The first kappa shape index (κ1) is 19.2. The van der Waals surface area contributed by atoms with Gasteiger partial charge in [0, 0.05) is 5.57 Å². The number of carbonyl (C=O) groups excluding carboxylic acids is 1. The van der Waals surface area contributed by atoms with Gasteiger partial charge in [-0.2, -0.15) is 0 Å². The number of hydrogen-bond acceptors (Lipinski definition) is 3. The summed E-state index contributed by atoms with van der Waals surface area (Å²) in [5, 5.41) is 9.46. The second kappa shape index (κ2) is 7.15. The van der Waals surface area contributed by atoms with Crippen molar-refractivity contribution in [3.63, 3.8) is 0 Å². The molecule has 0 saturated carbocycles. The highest BCUT2D eigenvalue weighted by atomic mass is 35.5. The maximum Gasteiger partial charge on any atom is 0.407 e. The van der Waals surface area contributed by atoms with Crippen molar-refractivity contribution in [2.45, 2.75) is 51.4 Å². The zero-order chi connectivity index (χ0) is 17.1. The van der Waals surface area contributed by atoms with Crippen molar-refractivity contribution in [1.29, 1.82) is 0 Å². The van der Waals surface area contributed by atoms with Crippen LogP contribution in [0.15, 0.2) is 11.6 Å². The van der Waals surface area contributed by atoms with Crippen LogP contribution in [-0.4, -0.2) is 55.3 Å². The average Bonchev–Trinajstić information content (AvgIpc) is 2.42. The van der Waals surface area contributed by atoms with E-state index >= 15 is 0 Å². The van der Waals surface area contributed by atoms with E-state index in [2.05, 4.69) is 33.9 Å². The van der Waals surface area contributed by atoms with Crippen LogP contribution in [0.25, 0.3) is 0 Å². The Morgan fingerprint density at radius 3 is 2.50 bits per heavy atom. The molecule has 0 saturated heterocycles. The van der Waals surface area contributed by atoms with Crippen molar-refractivity contribution in [3.8, 4) is 0 Å². The number of alkyl halides is 1. The first-order chi connectivity index (χ1) is 9.99. The van der Waals surface area contributed by atoms with Crippen molar-refractivity contribution in [2.75, 3.05) is 19.0 Å². The van der Waals surface area contributed by atoms with E-state index in [-0.39, 0.29) is 29.3 Å². The number of amides is 1. The van der Waals surface area contributed by atoms with Gasteiger partial charge in [0.1, 0.15) is 0 Å². The van der Waals surface area contributed by atoms with Crippen LogP contribution in [0.5, 0.6) is 0 Å². The van der Waals surface area contributed by atoms with Gasteiger partial charge in [0.2, 0.25) is 0 Å². The molecular formula is C15H26ClNO4Si. The third-order valence-electron chi connectivity index (χ3n) is 4.59. The molecular weight excluding hydrogens is 322 g/mol. The second-order valence-corrected chi connectivity index (χ2v) is 12.2.